The van der Waals surface area contributed by atoms with Gasteiger partial charge in [-0.15, -0.1) is 11.8 Å². The minimum Gasteiger partial charge on any atom is -0.355 e. The van der Waals surface area contributed by atoms with Gasteiger partial charge in [-0.1, -0.05) is 6.07 Å². The Hall–Kier alpha value is -1.81. The number of thioether (sulfide) groups is 1. The second kappa shape index (κ2) is 6.53. The maximum Gasteiger partial charge on any atom is 0.189 e. The largest absolute Gasteiger partial charge is 0.355 e. The molecule has 0 aliphatic carbocycles. The molecule has 3 nitrogen and oxygen atoms in total. The fourth-order valence-corrected chi connectivity index (χ4v) is 3.45. The van der Waals surface area contributed by atoms with Gasteiger partial charge in [-0.3, -0.25) is 9.59 Å². The molecule has 0 saturated carbocycles. The van der Waals surface area contributed by atoms with E-state index < -0.39 is 0 Å². The predicted molar refractivity (Wildman–Crippen MR) is 91.2 cm³/mol. The summed E-state index contributed by atoms with van der Waals surface area (Å²) in [6.07, 6.45) is 0. The Kier molecular flexibility index (Phi) is 4.91. The minimum atomic E-state index is -0.00730. The number of hydrogen-bond acceptors (Lipinski definition) is 3. The molecule has 2 rings (SSSR count). The van der Waals surface area contributed by atoms with E-state index in [4.69, 9.17) is 0 Å². The number of hydrogen-bond donors (Lipinski definition) is 1. The van der Waals surface area contributed by atoms with Gasteiger partial charge in [-0.2, -0.15) is 0 Å². The summed E-state index contributed by atoms with van der Waals surface area (Å²) in [7, 11) is 0. The van der Waals surface area contributed by atoms with Crippen LogP contribution in [0.15, 0.2) is 23.1 Å². The van der Waals surface area contributed by atoms with E-state index in [1.54, 1.807) is 0 Å². The van der Waals surface area contributed by atoms with Crippen LogP contribution in [0.25, 0.3) is 0 Å². The molecular weight excluding hydrogens is 294 g/mol. The molecule has 2 aromatic rings. The first-order valence-electron chi connectivity index (χ1n) is 7.24. The third-order valence-electron chi connectivity index (χ3n) is 3.92. The Bertz CT molecular complexity index is 744. The van der Waals surface area contributed by atoms with E-state index in [2.05, 4.69) is 31.0 Å². The lowest BCUT2D eigenvalue weighted by Crippen LogP contribution is -2.05. The summed E-state index contributed by atoms with van der Waals surface area (Å²) in [5, 5.41) is 0. The lowest BCUT2D eigenvalue weighted by molar-refractivity contribution is 0.101. The minimum absolute atomic E-state index is 0.00730. The van der Waals surface area contributed by atoms with Gasteiger partial charge in [0.15, 0.2) is 11.6 Å². The number of Topliss-reactive ketones (excluding diaryl/α,β-unsaturated/α-hetero) is 2. The van der Waals surface area contributed by atoms with Crippen molar-refractivity contribution < 1.29 is 9.59 Å². The van der Waals surface area contributed by atoms with Gasteiger partial charge in [0.25, 0.3) is 0 Å². The van der Waals surface area contributed by atoms with E-state index in [9.17, 15) is 9.59 Å². The van der Waals surface area contributed by atoms with E-state index in [1.807, 2.05) is 19.9 Å². The second-order valence-corrected chi connectivity index (χ2v) is 6.69. The standard InChI is InChI=1S/C18H21NO2S/c1-10-6-7-15(8-11(10)2)22-9-16(21)18-12(3)17(14(5)20)13(4)19-18/h6-8,19H,9H2,1-5H3. The molecule has 0 amide bonds. The molecule has 0 bridgehead atoms. The molecule has 0 fully saturated rings. The molecule has 22 heavy (non-hydrogen) atoms. The van der Waals surface area contributed by atoms with Gasteiger partial charge in [-0.05, 0) is 63.4 Å². The molecule has 0 aliphatic rings. The fraction of sp³-hybridized carbons (Fsp3) is 0.333. The highest BCUT2D eigenvalue weighted by atomic mass is 32.2. The number of aromatic amines is 1. The van der Waals surface area contributed by atoms with E-state index in [0.29, 0.717) is 17.0 Å². The SMILES string of the molecule is CC(=O)c1c(C)[nH]c(C(=O)CSc2ccc(C)c(C)c2)c1C. The van der Waals surface area contributed by atoms with Crippen LogP contribution in [0.5, 0.6) is 0 Å². The third kappa shape index (κ3) is 3.33. The lowest BCUT2D eigenvalue weighted by atomic mass is 10.1. The van der Waals surface area contributed by atoms with Crippen LogP contribution in [-0.4, -0.2) is 22.3 Å². The number of nitrogens with one attached hydrogen (secondary N) is 1. The number of aryl methyl sites for hydroxylation is 3. The summed E-state index contributed by atoms with van der Waals surface area (Å²) in [5.74, 6) is 0.379. The highest BCUT2D eigenvalue weighted by molar-refractivity contribution is 8.00. The molecular formula is C18H21NO2S. The van der Waals surface area contributed by atoms with E-state index in [-0.39, 0.29) is 11.6 Å². The number of carbonyl (C=O) groups excluding carboxylic acids is 2. The van der Waals surface area contributed by atoms with Gasteiger partial charge < -0.3 is 4.98 Å². The van der Waals surface area contributed by atoms with Crippen LogP contribution in [-0.2, 0) is 0 Å². The van der Waals surface area contributed by atoms with Crippen LogP contribution < -0.4 is 0 Å². The molecule has 1 heterocycles. The molecule has 0 radical (unpaired) electrons. The number of H-pyrrole nitrogens is 1. The highest BCUT2D eigenvalue weighted by Crippen LogP contribution is 2.24. The maximum atomic E-state index is 12.4. The van der Waals surface area contributed by atoms with E-state index >= 15 is 0 Å². The average Bonchev–Trinajstić information content (AvgIpc) is 2.75. The molecule has 1 aromatic carbocycles. The Morgan fingerprint density at radius 1 is 1.09 bits per heavy atom. The maximum absolute atomic E-state index is 12.4. The number of aromatic nitrogens is 1. The average molecular weight is 315 g/mol. The van der Waals surface area contributed by atoms with Crippen molar-refractivity contribution >= 4 is 23.3 Å². The summed E-state index contributed by atoms with van der Waals surface area (Å²) in [6, 6.07) is 6.20. The smallest absolute Gasteiger partial charge is 0.189 e. The Labute approximate surface area is 135 Å². The normalized spacial score (nSPS) is 10.8. The predicted octanol–water partition coefficient (Wildman–Crippen LogP) is 4.43. The van der Waals surface area contributed by atoms with Gasteiger partial charge in [0.05, 0.1) is 11.4 Å². The molecule has 1 N–H and O–H groups in total. The first-order valence-corrected chi connectivity index (χ1v) is 8.23. The van der Waals surface area contributed by atoms with Crippen molar-refractivity contribution in [2.45, 2.75) is 39.5 Å². The molecule has 4 heteroatoms. The molecule has 1 aromatic heterocycles. The molecule has 116 valence electrons. The van der Waals surface area contributed by atoms with Crippen molar-refractivity contribution in [2.75, 3.05) is 5.75 Å². The van der Waals surface area contributed by atoms with Crippen molar-refractivity contribution in [3.05, 3.63) is 51.8 Å². The number of carbonyl (C=O) groups is 2. The highest BCUT2D eigenvalue weighted by Gasteiger charge is 2.19. The molecule has 0 saturated heterocycles. The second-order valence-electron chi connectivity index (χ2n) is 5.64. The summed E-state index contributed by atoms with van der Waals surface area (Å²) in [4.78, 5) is 28.2. The third-order valence-corrected chi connectivity index (χ3v) is 4.91. The van der Waals surface area contributed by atoms with Crippen LogP contribution in [0.3, 0.4) is 0 Å². The first kappa shape index (κ1) is 16.6. The monoisotopic (exact) mass is 315 g/mol. The van der Waals surface area contributed by atoms with Gasteiger partial charge in [0.2, 0.25) is 0 Å². The fourth-order valence-electron chi connectivity index (χ4n) is 2.58. The lowest BCUT2D eigenvalue weighted by Gasteiger charge is -2.05. The summed E-state index contributed by atoms with van der Waals surface area (Å²) in [5.41, 5.74) is 5.19. The summed E-state index contributed by atoms with van der Waals surface area (Å²) < 4.78 is 0. The molecule has 0 spiro atoms. The zero-order valence-electron chi connectivity index (χ0n) is 13.7. The Morgan fingerprint density at radius 3 is 2.32 bits per heavy atom. The van der Waals surface area contributed by atoms with Crippen LogP contribution in [0, 0.1) is 27.7 Å². The summed E-state index contributed by atoms with van der Waals surface area (Å²) in [6.45, 7) is 9.33. The number of ketones is 2. The molecule has 0 atom stereocenters. The van der Waals surface area contributed by atoms with Gasteiger partial charge in [0, 0.05) is 16.2 Å². The zero-order chi connectivity index (χ0) is 16.4. The van der Waals surface area contributed by atoms with Crippen molar-refractivity contribution in [3.63, 3.8) is 0 Å². The van der Waals surface area contributed by atoms with Crippen molar-refractivity contribution in [3.8, 4) is 0 Å². The quantitative estimate of drug-likeness (QED) is 0.656. The first-order chi connectivity index (χ1) is 10.3. The van der Waals surface area contributed by atoms with Crippen LogP contribution in [0.2, 0.25) is 0 Å². The van der Waals surface area contributed by atoms with E-state index in [1.165, 1.54) is 29.8 Å². The van der Waals surface area contributed by atoms with Crippen LogP contribution in [0.4, 0.5) is 0 Å². The van der Waals surface area contributed by atoms with E-state index in [0.717, 1.165) is 16.2 Å². The van der Waals surface area contributed by atoms with Crippen LogP contribution in [0.1, 0.15) is 50.2 Å². The van der Waals surface area contributed by atoms with Crippen molar-refractivity contribution in [1.29, 1.82) is 0 Å². The van der Waals surface area contributed by atoms with Crippen molar-refractivity contribution in [1.82, 2.24) is 4.98 Å². The van der Waals surface area contributed by atoms with Crippen molar-refractivity contribution in [2.24, 2.45) is 0 Å². The van der Waals surface area contributed by atoms with Gasteiger partial charge in [0.1, 0.15) is 0 Å². The van der Waals surface area contributed by atoms with Crippen LogP contribution >= 0.6 is 11.8 Å². The molecule has 0 aliphatic heterocycles. The topological polar surface area (TPSA) is 49.9 Å². The van der Waals surface area contributed by atoms with Gasteiger partial charge in [-0.25, -0.2) is 0 Å². The number of rotatable bonds is 5. The Balaban J connectivity index is 2.14. The Morgan fingerprint density at radius 2 is 1.77 bits per heavy atom. The summed E-state index contributed by atoms with van der Waals surface area (Å²) >= 11 is 1.52. The molecule has 0 unspecified atom stereocenters. The zero-order valence-corrected chi connectivity index (χ0v) is 14.5. The van der Waals surface area contributed by atoms with Gasteiger partial charge >= 0.3 is 0 Å². The number of benzene rings is 1.